The normalized spacial score (nSPS) is 15.2. The van der Waals surface area contributed by atoms with Gasteiger partial charge in [0.2, 0.25) is 5.95 Å². The van der Waals surface area contributed by atoms with Crippen molar-refractivity contribution >= 4 is 29.1 Å². The zero-order valence-corrected chi connectivity index (χ0v) is 17.4. The Morgan fingerprint density at radius 2 is 1.88 bits per heavy atom. The lowest BCUT2D eigenvalue weighted by Crippen LogP contribution is -2.33. The lowest BCUT2D eigenvalue weighted by Gasteiger charge is -2.22. The first-order chi connectivity index (χ1) is 15.4. The minimum absolute atomic E-state index is 0.000585. The molecule has 1 aromatic carbocycles. The first-order valence-corrected chi connectivity index (χ1v) is 9.92. The molecular formula is C19H17ClF6N4O3. The van der Waals surface area contributed by atoms with Gasteiger partial charge in [0, 0.05) is 31.6 Å². The molecule has 1 aliphatic rings. The molecule has 33 heavy (non-hydrogen) atoms. The summed E-state index contributed by atoms with van der Waals surface area (Å²) in [5.74, 6) is -2.11. The molecule has 1 fully saturated rings. The van der Waals surface area contributed by atoms with E-state index in [1.165, 1.54) is 0 Å². The third-order valence-corrected chi connectivity index (χ3v) is 4.90. The van der Waals surface area contributed by atoms with Crippen LogP contribution in [0.5, 0.6) is 5.75 Å². The van der Waals surface area contributed by atoms with Crippen molar-refractivity contribution in [3.8, 4) is 5.75 Å². The third-order valence-electron chi connectivity index (χ3n) is 4.61. The van der Waals surface area contributed by atoms with Crippen molar-refractivity contribution < 1.29 is 40.6 Å². The summed E-state index contributed by atoms with van der Waals surface area (Å²) in [6.45, 7) is 1.22. The van der Waals surface area contributed by atoms with Gasteiger partial charge in [-0.15, -0.1) is 13.2 Å². The van der Waals surface area contributed by atoms with E-state index in [9.17, 15) is 31.1 Å². The van der Waals surface area contributed by atoms with Crippen molar-refractivity contribution in [2.45, 2.75) is 25.4 Å². The van der Waals surface area contributed by atoms with Crippen molar-refractivity contribution in [3.63, 3.8) is 0 Å². The van der Waals surface area contributed by atoms with Crippen molar-refractivity contribution in [2.75, 3.05) is 25.1 Å². The van der Waals surface area contributed by atoms with Crippen molar-refractivity contribution in [1.82, 2.24) is 15.3 Å². The lowest BCUT2D eigenvalue weighted by atomic mass is 10.0. The molecule has 1 aliphatic heterocycles. The molecule has 2 heterocycles. The van der Waals surface area contributed by atoms with Crippen LogP contribution in [0.2, 0.25) is 5.02 Å². The van der Waals surface area contributed by atoms with Gasteiger partial charge in [-0.3, -0.25) is 4.79 Å². The lowest BCUT2D eigenvalue weighted by molar-refractivity contribution is -0.274. The molecule has 180 valence electrons. The van der Waals surface area contributed by atoms with Gasteiger partial charge in [0.05, 0.1) is 10.6 Å². The van der Waals surface area contributed by atoms with Crippen LogP contribution in [0.25, 0.3) is 0 Å². The Bertz CT molecular complexity index is 996. The van der Waals surface area contributed by atoms with E-state index < -0.39 is 46.4 Å². The predicted octanol–water partition coefficient (Wildman–Crippen LogP) is 4.95. The zero-order chi connectivity index (χ0) is 24.2. The second-order valence-electron chi connectivity index (χ2n) is 7.04. The van der Waals surface area contributed by atoms with E-state index in [1.54, 1.807) is 0 Å². The van der Waals surface area contributed by atoms with Crippen LogP contribution in [0.1, 0.15) is 28.9 Å². The average Bonchev–Trinajstić information content (AvgIpc) is 2.73. The number of benzene rings is 1. The fraction of sp³-hybridized carbons (Fsp3) is 0.421. The summed E-state index contributed by atoms with van der Waals surface area (Å²) in [6.07, 6.45) is -7.85. The Hall–Kier alpha value is -2.80. The molecule has 14 heteroatoms. The number of hydrogen-bond donors (Lipinski definition) is 2. The first-order valence-electron chi connectivity index (χ1n) is 9.55. The highest BCUT2D eigenvalue weighted by atomic mass is 35.5. The maximum Gasteiger partial charge on any atom is 0.573 e. The maximum absolute atomic E-state index is 13.5. The van der Waals surface area contributed by atoms with Gasteiger partial charge in [-0.1, -0.05) is 11.6 Å². The molecule has 0 aliphatic carbocycles. The summed E-state index contributed by atoms with van der Waals surface area (Å²) in [7, 11) is 0. The third kappa shape index (κ3) is 7.09. The second-order valence-corrected chi connectivity index (χ2v) is 7.44. The summed E-state index contributed by atoms with van der Waals surface area (Å²) in [5, 5.41) is 4.43. The molecular weight excluding hydrogens is 482 g/mol. The van der Waals surface area contributed by atoms with E-state index in [0.717, 1.165) is 24.4 Å². The molecule has 7 nitrogen and oxygen atoms in total. The van der Waals surface area contributed by atoms with Crippen LogP contribution in [0.15, 0.2) is 24.4 Å². The van der Waals surface area contributed by atoms with Crippen LogP contribution < -0.4 is 15.4 Å². The number of halogens is 7. The number of carbonyl (C=O) groups is 1. The monoisotopic (exact) mass is 498 g/mol. The van der Waals surface area contributed by atoms with Crippen LogP contribution >= 0.6 is 11.6 Å². The molecule has 0 unspecified atom stereocenters. The highest BCUT2D eigenvalue weighted by Crippen LogP contribution is 2.34. The van der Waals surface area contributed by atoms with Gasteiger partial charge >= 0.3 is 12.5 Å². The summed E-state index contributed by atoms with van der Waals surface area (Å²) >= 11 is 5.72. The Labute approximate surface area is 188 Å². The molecule has 0 saturated carbocycles. The van der Waals surface area contributed by atoms with E-state index >= 15 is 0 Å². The molecule has 0 atom stereocenters. The number of nitrogens with one attached hydrogen (secondary N) is 2. The molecule has 1 aromatic heterocycles. The Balaban J connectivity index is 1.76. The summed E-state index contributed by atoms with van der Waals surface area (Å²) in [4.78, 5) is 19.5. The Morgan fingerprint density at radius 3 is 2.48 bits per heavy atom. The minimum atomic E-state index is -4.97. The second kappa shape index (κ2) is 10.00. The van der Waals surface area contributed by atoms with Gasteiger partial charge in [-0.25, -0.2) is 9.97 Å². The quantitative estimate of drug-likeness (QED) is 0.548. The molecule has 1 saturated heterocycles. The number of rotatable bonds is 6. The number of ether oxygens (including phenoxy) is 2. The summed E-state index contributed by atoms with van der Waals surface area (Å²) in [6, 6.07) is 2.95. The van der Waals surface area contributed by atoms with E-state index in [2.05, 4.69) is 25.3 Å². The fourth-order valence-electron chi connectivity index (χ4n) is 3.02. The largest absolute Gasteiger partial charge is 0.573 e. The summed E-state index contributed by atoms with van der Waals surface area (Å²) in [5.41, 5.74) is -2.22. The van der Waals surface area contributed by atoms with E-state index in [1.807, 2.05) is 0 Å². The topological polar surface area (TPSA) is 85.4 Å². The zero-order valence-electron chi connectivity index (χ0n) is 16.7. The van der Waals surface area contributed by atoms with Gasteiger partial charge in [0.15, 0.2) is 5.69 Å². The van der Waals surface area contributed by atoms with Crippen molar-refractivity contribution in [1.29, 1.82) is 0 Å². The van der Waals surface area contributed by atoms with Gasteiger partial charge in [-0.2, -0.15) is 13.2 Å². The number of amides is 1. The SMILES string of the molecule is O=C(NCC1CCOCC1)c1cnc(Nc2ccc(OC(F)(F)F)c(Cl)c2)nc1C(F)(F)F. The average molecular weight is 499 g/mol. The van der Waals surface area contributed by atoms with Crippen LogP contribution in [0, 0.1) is 5.92 Å². The number of aromatic nitrogens is 2. The first kappa shape index (κ1) is 24.8. The molecule has 2 aromatic rings. The smallest absolute Gasteiger partial charge is 0.404 e. The van der Waals surface area contributed by atoms with E-state index in [4.69, 9.17) is 16.3 Å². The molecule has 1 amide bonds. The van der Waals surface area contributed by atoms with E-state index in [-0.39, 0.29) is 18.2 Å². The Kier molecular flexibility index (Phi) is 7.52. The fourth-order valence-corrected chi connectivity index (χ4v) is 3.24. The summed E-state index contributed by atoms with van der Waals surface area (Å²) < 4.78 is 86.5. The van der Waals surface area contributed by atoms with Gasteiger partial charge in [0.25, 0.3) is 5.91 Å². The van der Waals surface area contributed by atoms with E-state index in [0.29, 0.717) is 26.1 Å². The minimum Gasteiger partial charge on any atom is -0.404 e. The van der Waals surface area contributed by atoms with Gasteiger partial charge < -0.3 is 20.1 Å². The standard InChI is InChI=1S/C19H17ClF6N4O3/c20-13-7-11(1-2-14(13)33-19(24,25)26)29-17-28-9-12(15(30-17)18(21,22)23)16(31)27-8-10-3-5-32-6-4-10/h1-2,7,9-10H,3-6,8H2,(H,27,31)(H,28,29,30). The van der Waals surface area contributed by atoms with Crippen LogP contribution in [-0.4, -0.2) is 42.0 Å². The highest BCUT2D eigenvalue weighted by Gasteiger charge is 2.38. The number of carbonyl (C=O) groups excluding carboxylic acids is 1. The molecule has 0 radical (unpaired) electrons. The predicted molar refractivity (Wildman–Crippen MR) is 104 cm³/mol. The molecule has 0 spiro atoms. The number of nitrogens with zero attached hydrogens (tertiary/aromatic N) is 2. The van der Waals surface area contributed by atoms with Gasteiger partial charge in [-0.05, 0) is 37.0 Å². The molecule has 0 bridgehead atoms. The van der Waals surface area contributed by atoms with Gasteiger partial charge in [0.1, 0.15) is 5.75 Å². The number of anilines is 2. The molecule has 2 N–H and O–H groups in total. The maximum atomic E-state index is 13.5. The van der Waals surface area contributed by atoms with Crippen molar-refractivity contribution in [2.24, 2.45) is 5.92 Å². The van der Waals surface area contributed by atoms with Crippen molar-refractivity contribution in [3.05, 3.63) is 40.7 Å². The van der Waals surface area contributed by atoms with Crippen LogP contribution in [0.4, 0.5) is 38.0 Å². The Morgan fingerprint density at radius 1 is 1.18 bits per heavy atom. The number of hydrogen-bond acceptors (Lipinski definition) is 6. The molecule has 3 rings (SSSR count). The van der Waals surface area contributed by atoms with Crippen LogP contribution in [0.3, 0.4) is 0 Å². The highest BCUT2D eigenvalue weighted by molar-refractivity contribution is 6.32. The number of alkyl halides is 6. The van der Waals surface area contributed by atoms with Crippen LogP contribution in [-0.2, 0) is 10.9 Å².